The molecular weight excluding hydrogens is 429 g/mol. The first-order valence-corrected chi connectivity index (χ1v) is 11.0. The number of likely N-dealkylation sites (N-methyl/N-ethyl adjacent to an activating group) is 1. The van der Waals surface area contributed by atoms with E-state index in [2.05, 4.69) is 10.3 Å². The lowest BCUT2D eigenvalue weighted by atomic mass is 9.99. The Hall–Kier alpha value is -2.70. The summed E-state index contributed by atoms with van der Waals surface area (Å²) < 4.78 is 40.3. The second-order valence-electron chi connectivity index (χ2n) is 7.52. The van der Waals surface area contributed by atoms with Crippen molar-refractivity contribution in [1.82, 2.24) is 18.8 Å². The van der Waals surface area contributed by atoms with E-state index in [0.29, 0.717) is 18.4 Å². The van der Waals surface area contributed by atoms with E-state index in [1.165, 1.54) is 45.4 Å². The van der Waals surface area contributed by atoms with E-state index in [1.807, 2.05) is 0 Å². The fourth-order valence-corrected chi connectivity index (χ4v) is 4.53. The third kappa shape index (κ3) is 4.50. The monoisotopic (exact) mass is 453 g/mol. The molecule has 2 aliphatic heterocycles. The molecule has 0 saturated carbocycles. The van der Waals surface area contributed by atoms with Crippen molar-refractivity contribution in [3.05, 3.63) is 35.6 Å². The number of fused-ring (bicyclic) bond motifs is 1. The molecule has 0 aliphatic carbocycles. The van der Waals surface area contributed by atoms with E-state index in [-0.39, 0.29) is 18.9 Å². The summed E-state index contributed by atoms with van der Waals surface area (Å²) in [5, 5.41) is 2.53. The number of carbonyl (C=O) groups excluding carboxylic acids is 3. The van der Waals surface area contributed by atoms with Crippen LogP contribution < -0.4 is 5.32 Å². The van der Waals surface area contributed by atoms with Gasteiger partial charge >= 0.3 is 0 Å². The van der Waals surface area contributed by atoms with Gasteiger partial charge in [-0.15, -0.1) is 0 Å². The molecule has 1 N–H and O–H groups in total. The lowest BCUT2D eigenvalue weighted by Gasteiger charge is -2.40. The number of nitrogens with one attached hydrogen (secondary N) is 1. The molecule has 12 heteroatoms. The molecule has 0 aromatic heterocycles. The molecule has 10 nitrogen and oxygen atoms in total. The van der Waals surface area contributed by atoms with Crippen molar-refractivity contribution in [2.75, 3.05) is 27.7 Å². The Morgan fingerprint density at radius 1 is 1.23 bits per heavy atom. The Morgan fingerprint density at radius 2 is 1.87 bits per heavy atom. The smallest absolute Gasteiger partial charge is 0.298 e. The van der Waals surface area contributed by atoms with Crippen LogP contribution in [0.3, 0.4) is 0 Å². The fourth-order valence-electron chi connectivity index (χ4n) is 3.50. The van der Waals surface area contributed by atoms with Crippen molar-refractivity contribution >= 4 is 33.6 Å². The molecule has 1 aromatic rings. The standard InChI is InChI=1S/C19H24FN5O5S/c1-23(2)31(29,30)24(3)14-5-4-10-25-17(14)22-15(16(26)19(25)28)18(27)21-11-12-6-8-13(20)9-7-12/h6-9,14-15H,4-5,10-11H2,1-3H3,(H,21,27). The number of amides is 2. The van der Waals surface area contributed by atoms with Gasteiger partial charge in [-0.05, 0) is 30.5 Å². The summed E-state index contributed by atoms with van der Waals surface area (Å²) in [7, 11) is 0.327. The quantitative estimate of drug-likeness (QED) is 0.461. The fraction of sp³-hybridized carbons (Fsp3) is 0.474. The van der Waals surface area contributed by atoms with Crippen LogP contribution in [0.25, 0.3) is 0 Å². The highest BCUT2D eigenvalue weighted by Gasteiger charge is 2.46. The van der Waals surface area contributed by atoms with Crippen LogP contribution in [-0.2, 0) is 31.1 Å². The number of carbonyl (C=O) groups is 3. The zero-order chi connectivity index (χ0) is 22.9. The predicted molar refractivity (Wildman–Crippen MR) is 110 cm³/mol. The van der Waals surface area contributed by atoms with Crippen LogP contribution in [0.15, 0.2) is 29.3 Å². The van der Waals surface area contributed by atoms with Crippen molar-refractivity contribution in [2.24, 2.45) is 4.99 Å². The van der Waals surface area contributed by atoms with Crippen molar-refractivity contribution in [2.45, 2.75) is 31.5 Å². The van der Waals surface area contributed by atoms with E-state index in [1.54, 1.807) is 0 Å². The molecule has 0 bridgehead atoms. The van der Waals surface area contributed by atoms with Crippen LogP contribution in [0.1, 0.15) is 18.4 Å². The number of hydrogen-bond donors (Lipinski definition) is 1. The lowest BCUT2D eigenvalue weighted by Crippen LogP contribution is -2.62. The number of piperidine rings is 1. The number of Topliss-reactive ketones (excluding diaryl/α,β-unsaturated/α-hetero) is 1. The van der Waals surface area contributed by atoms with Gasteiger partial charge < -0.3 is 5.32 Å². The van der Waals surface area contributed by atoms with E-state index in [0.717, 1.165) is 13.5 Å². The summed E-state index contributed by atoms with van der Waals surface area (Å²) in [5.74, 6) is -2.97. The highest BCUT2D eigenvalue weighted by molar-refractivity contribution is 7.86. The summed E-state index contributed by atoms with van der Waals surface area (Å²) in [6, 6.07) is 3.05. The van der Waals surface area contributed by atoms with E-state index in [9.17, 15) is 27.2 Å². The van der Waals surface area contributed by atoms with Gasteiger partial charge in [0.25, 0.3) is 27.8 Å². The third-order valence-corrected chi connectivity index (χ3v) is 7.20. The number of nitrogens with zero attached hydrogens (tertiary/aromatic N) is 4. The molecule has 1 aromatic carbocycles. The number of rotatable bonds is 6. The topological polar surface area (TPSA) is 119 Å². The van der Waals surface area contributed by atoms with Crippen molar-refractivity contribution in [1.29, 1.82) is 0 Å². The SMILES string of the molecule is CN(C)S(=O)(=O)N(C)C1CCCN2C(=O)C(=O)C(C(=O)NCc3ccc(F)cc3)N=C12. The van der Waals surface area contributed by atoms with Gasteiger partial charge in [0, 0.05) is 34.2 Å². The Bertz CT molecular complexity index is 1020. The van der Waals surface area contributed by atoms with Gasteiger partial charge in [0.05, 0.1) is 6.04 Å². The van der Waals surface area contributed by atoms with Crippen LogP contribution in [0.5, 0.6) is 0 Å². The molecule has 0 radical (unpaired) electrons. The summed E-state index contributed by atoms with van der Waals surface area (Å²) in [4.78, 5) is 43.1. The van der Waals surface area contributed by atoms with Crippen LogP contribution in [-0.4, -0.2) is 85.1 Å². The van der Waals surface area contributed by atoms with E-state index >= 15 is 0 Å². The second-order valence-corrected chi connectivity index (χ2v) is 9.72. The van der Waals surface area contributed by atoms with Crippen molar-refractivity contribution < 1.29 is 27.2 Å². The Kier molecular flexibility index (Phi) is 6.53. The summed E-state index contributed by atoms with van der Waals surface area (Å²) in [6.07, 6.45) is 0.877. The first-order valence-electron chi connectivity index (χ1n) is 9.65. The molecule has 1 fully saturated rings. The zero-order valence-electron chi connectivity index (χ0n) is 17.4. The van der Waals surface area contributed by atoms with E-state index < -0.39 is 45.7 Å². The maximum absolute atomic E-state index is 13.0. The number of aliphatic imine (C=N–C) groups is 1. The Morgan fingerprint density at radius 3 is 2.48 bits per heavy atom. The molecule has 0 spiro atoms. The Labute approximate surface area is 179 Å². The van der Waals surface area contributed by atoms with E-state index in [4.69, 9.17) is 0 Å². The van der Waals surface area contributed by atoms with Crippen molar-refractivity contribution in [3.8, 4) is 0 Å². The van der Waals surface area contributed by atoms with Gasteiger partial charge in [0.2, 0.25) is 0 Å². The van der Waals surface area contributed by atoms with Crippen molar-refractivity contribution in [3.63, 3.8) is 0 Å². The first kappa shape index (κ1) is 23.0. The largest absolute Gasteiger partial charge is 0.350 e. The van der Waals surface area contributed by atoms with Gasteiger partial charge in [-0.2, -0.15) is 17.0 Å². The zero-order valence-corrected chi connectivity index (χ0v) is 18.2. The molecule has 2 atom stereocenters. The number of halogens is 1. The van der Waals surface area contributed by atoms with Gasteiger partial charge in [-0.1, -0.05) is 12.1 Å². The molecule has 168 valence electrons. The summed E-state index contributed by atoms with van der Waals surface area (Å²) >= 11 is 0. The number of ketones is 1. The number of benzene rings is 1. The highest BCUT2D eigenvalue weighted by Crippen LogP contribution is 2.24. The minimum absolute atomic E-state index is 0.0178. The maximum atomic E-state index is 13.0. The maximum Gasteiger partial charge on any atom is 0.298 e. The molecule has 2 unspecified atom stereocenters. The molecule has 2 heterocycles. The highest BCUT2D eigenvalue weighted by atomic mass is 32.2. The molecule has 2 amide bonds. The van der Waals surface area contributed by atoms with Crippen LogP contribution >= 0.6 is 0 Å². The molecule has 2 aliphatic rings. The number of hydrogen-bond acceptors (Lipinski definition) is 6. The van der Waals surface area contributed by atoms with Gasteiger partial charge in [-0.3, -0.25) is 19.3 Å². The summed E-state index contributed by atoms with van der Waals surface area (Å²) in [6.45, 7) is 0.240. The summed E-state index contributed by atoms with van der Waals surface area (Å²) in [5.41, 5.74) is 0.603. The molecule has 31 heavy (non-hydrogen) atoms. The first-order chi connectivity index (χ1) is 14.5. The minimum Gasteiger partial charge on any atom is -0.350 e. The van der Waals surface area contributed by atoms with Crippen LogP contribution in [0.4, 0.5) is 4.39 Å². The normalized spacial score (nSPS) is 21.9. The van der Waals surface area contributed by atoms with Crippen LogP contribution in [0.2, 0.25) is 0 Å². The van der Waals surface area contributed by atoms with Gasteiger partial charge in [-0.25, -0.2) is 9.38 Å². The van der Waals surface area contributed by atoms with Gasteiger partial charge in [0.1, 0.15) is 11.7 Å². The second kappa shape index (κ2) is 8.81. The molecule has 3 rings (SSSR count). The third-order valence-electron chi connectivity index (χ3n) is 5.29. The number of amidine groups is 1. The minimum atomic E-state index is -3.81. The molecular formula is C19H24FN5O5S. The Balaban J connectivity index is 1.86. The average Bonchev–Trinajstić information content (AvgIpc) is 2.74. The predicted octanol–water partition coefficient (Wildman–Crippen LogP) is -0.479. The van der Waals surface area contributed by atoms with Gasteiger partial charge in [0.15, 0.2) is 6.04 Å². The van der Waals surface area contributed by atoms with Crippen LogP contribution in [0, 0.1) is 5.82 Å². The average molecular weight is 453 g/mol. The molecule has 1 saturated heterocycles. The lowest BCUT2D eigenvalue weighted by molar-refractivity contribution is -0.146.